The highest BCUT2D eigenvalue weighted by molar-refractivity contribution is 7.22. The van der Waals surface area contributed by atoms with Crippen LogP contribution in [0.25, 0.3) is 49.7 Å². The van der Waals surface area contributed by atoms with Crippen LogP contribution in [0.4, 0.5) is 17.1 Å². The van der Waals surface area contributed by atoms with Crippen LogP contribution >= 0.6 is 0 Å². The number of anilines is 3. The fraction of sp³-hybridized carbons (Fsp3) is 0.0690. The van der Waals surface area contributed by atoms with E-state index in [1.54, 1.807) is 0 Å². The number of benzene rings is 9. The minimum atomic E-state index is -2.78. The van der Waals surface area contributed by atoms with Gasteiger partial charge >= 0.3 is 0 Å². The summed E-state index contributed by atoms with van der Waals surface area (Å²) in [5, 5.41) is 8.19. The first-order valence-corrected chi connectivity index (χ1v) is 23.4. The average Bonchev–Trinajstić information content (AvgIpc) is 3.88. The normalized spacial score (nSPS) is 14.1. The molecule has 0 N–H and O–H groups in total. The van der Waals surface area contributed by atoms with Crippen LogP contribution in [0.5, 0.6) is 0 Å². The van der Waals surface area contributed by atoms with Gasteiger partial charge in [-0.2, -0.15) is 0 Å². The molecule has 0 radical (unpaired) electrons. The lowest BCUT2D eigenvalue weighted by atomic mass is 9.81. The lowest BCUT2D eigenvalue weighted by Crippen LogP contribution is -2.72. The van der Waals surface area contributed by atoms with Gasteiger partial charge in [-0.25, -0.2) is 0 Å². The molecule has 0 atom stereocenters. The van der Waals surface area contributed by atoms with Crippen LogP contribution in [0, 0.1) is 6.92 Å². The number of aromatic nitrogens is 1. The van der Waals surface area contributed by atoms with Crippen molar-refractivity contribution in [2.45, 2.75) is 26.2 Å². The van der Waals surface area contributed by atoms with Gasteiger partial charge in [-0.05, 0) is 121 Å². The number of hydrogen-bond donors (Lipinski definition) is 0. The van der Waals surface area contributed by atoms with E-state index in [1.807, 2.05) is 0 Å². The molecule has 2 aliphatic rings. The molecule has 1 aromatic heterocycles. The Morgan fingerprint density at radius 2 is 1.05 bits per heavy atom. The molecule has 10 aromatic rings. The van der Waals surface area contributed by atoms with Crippen molar-refractivity contribution in [3.8, 4) is 27.9 Å². The maximum atomic E-state index is 2.58. The first-order valence-electron chi connectivity index (χ1n) is 21.4. The summed E-state index contributed by atoms with van der Waals surface area (Å²) in [6.07, 6.45) is 0. The number of rotatable bonds is 6. The lowest BCUT2D eigenvalue weighted by molar-refractivity contribution is 0.661. The Bertz CT molecular complexity index is 3310. The van der Waals surface area contributed by atoms with E-state index in [0.717, 1.165) is 11.4 Å². The molecule has 2 nitrogen and oxygen atoms in total. The van der Waals surface area contributed by atoms with Crippen LogP contribution in [0.2, 0.25) is 0 Å². The van der Waals surface area contributed by atoms with Crippen LogP contribution in [0.15, 0.2) is 212 Å². The van der Waals surface area contributed by atoms with Gasteiger partial charge in [-0.1, -0.05) is 172 Å². The van der Waals surface area contributed by atoms with Gasteiger partial charge in [0.1, 0.15) is 0 Å². The zero-order valence-electron chi connectivity index (χ0n) is 34.6. The number of fused-ring (bicyclic) bond motifs is 9. The van der Waals surface area contributed by atoms with E-state index in [-0.39, 0.29) is 5.41 Å². The van der Waals surface area contributed by atoms with E-state index in [0.29, 0.717) is 0 Å². The fourth-order valence-electron chi connectivity index (χ4n) is 11.2. The Morgan fingerprint density at radius 1 is 0.443 bits per heavy atom. The molecule has 0 saturated carbocycles. The van der Waals surface area contributed by atoms with Crippen molar-refractivity contribution < 1.29 is 0 Å². The third kappa shape index (κ3) is 5.08. The molecular weight excluding hydrogens is 753 g/mol. The highest BCUT2D eigenvalue weighted by Gasteiger charge is 2.49. The van der Waals surface area contributed by atoms with Crippen LogP contribution in [0.1, 0.15) is 30.5 Å². The molecule has 3 heteroatoms. The molecular formula is C58H44N2Si. The van der Waals surface area contributed by atoms with E-state index >= 15 is 0 Å². The molecule has 1 aliphatic carbocycles. The third-order valence-electron chi connectivity index (χ3n) is 13.6. The minimum absolute atomic E-state index is 0.218. The Morgan fingerprint density at radius 3 is 1.80 bits per heavy atom. The minimum Gasteiger partial charge on any atom is -0.310 e. The number of para-hydroxylation sites is 2. The van der Waals surface area contributed by atoms with Crippen molar-refractivity contribution in [2.24, 2.45) is 0 Å². The van der Waals surface area contributed by atoms with Crippen LogP contribution in [-0.4, -0.2) is 12.6 Å². The Kier molecular flexibility index (Phi) is 7.85. The van der Waals surface area contributed by atoms with Gasteiger partial charge in [0.05, 0.1) is 16.7 Å². The van der Waals surface area contributed by atoms with E-state index < -0.39 is 8.07 Å². The zero-order chi connectivity index (χ0) is 40.9. The maximum absolute atomic E-state index is 2.78. The number of nitrogens with zero attached hydrogens (tertiary/aromatic N) is 2. The van der Waals surface area contributed by atoms with Gasteiger partial charge in [-0.3, -0.25) is 0 Å². The van der Waals surface area contributed by atoms with E-state index in [9.17, 15) is 0 Å². The van der Waals surface area contributed by atoms with Gasteiger partial charge in [0.25, 0.3) is 0 Å². The van der Waals surface area contributed by atoms with E-state index in [2.05, 4.69) is 243 Å². The highest BCUT2D eigenvalue weighted by Crippen LogP contribution is 2.54. The summed E-state index contributed by atoms with van der Waals surface area (Å²) in [5.74, 6) is 0. The predicted molar refractivity (Wildman–Crippen MR) is 260 cm³/mol. The summed E-state index contributed by atoms with van der Waals surface area (Å²) < 4.78 is 2.41. The average molecular weight is 797 g/mol. The second kappa shape index (κ2) is 13.4. The van der Waals surface area contributed by atoms with Crippen LogP contribution in [-0.2, 0) is 5.41 Å². The number of hydrogen-bond acceptors (Lipinski definition) is 1. The highest BCUT2D eigenvalue weighted by atomic mass is 28.3. The van der Waals surface area contributed by atoms with Crippen molar-refractivity contribution in [3.05, 3.63) is 229 Å². The topological polar surface area (TPSA) is 8.17 Å². The lowest BCUT2D eigenvalue weighted by Gasteiger charge is -2.35. The first kappa shape index (κ1) is 35.7. The van der Waals surface area contributed by atoms with Gasteiger partial charge in [-0.15, -0.1) is 0 Å². The smallest absolute Gasteiger partial charge is 0.180 e. The summed E-state index contributed by atoms with van der Waals surface area (Å²) in [7, 11) is -2.78. The van der Waals surface area contributed by atoms with Crippen LogP contribution < -0.4 is 25.6 Å². The van der Waals surface area contributed by atoms with E-state index in [4.69, 9.17) is 0 Å². The molecule has 0 spiro atoms. The van der Waals surface area contributed by atoms with Gasteiger partial charge in [0.15, 0.2) is 8.07 Å². The molecule has 12 rings (SSSR count). The largest absolute Gasteiger partial charge is 0.310 e. The molecule has 290 valence electrons. The summed E-state index contributed by atoms with van der Waals surface area (Å²) in [6.45, 7) is 7.10. The molecule has 0 saturated heterocycles. The van der Waals surface area contributed by atoms with Crippen molar-refractivity contribution in [1.82, 2.24) is 4.57 Å². The molecule has 0 unspecified atom stereocenters. The maximum Gasteiger partial charge on any atom is 0.180 e. The van der Waals surface area contributed by atoms with Crippen molar-refractivity contribution in [2.75, 3.05) is 4.90 Å². The molecule has 1 aliphatic heterocycles. The molecule has 0 bridgehead atoms. The van der Waals surface area contributed by atoms with Gasteiger partial charge in [0.2, 0.25) is 0 Å². The number of aryl methyl sites for hydroxylation is 1. The molecule has 0 amide bonds. The predicted octanol–water partition coefficient (Wildman–Crippen LogP) is 12.2. The zero-order valence-corrected chi connectivity index (χ0v) is 35.6. The second-order valence-electron chi connectivity index (χ2n) is 17.4. The quantitative estimate of drug-likeness (QED) is 0.152. The van der Waals surface area contributed by atoms with Gasteiger partial charge < -0.3 is 9.47 Å². The second-order valence-corrected chi connectivity index (χ2v) is 21.1. The summed E-state index contributed by atoms with van der Waals surface area (Å²) in [4.78, 5) is 2.58. The standard InChI is InChI=1S/C58H44N2Si/c1-39-35-42(37-44(36-39)61(43-21-8-5-9-22-43)55-31-16-12-25-47(55)48-26-13-17-32-56(48)61)59(54-30-18-27-49-45-23-10-14-28-51(45)58(2,3)57(49)54)41-33-34-53-50(38-41)46-24-11-15-29-52(46)60(53)40-19-6-4-7-20-40/h4-38H,1-3H3. The molecule has 9 aromatic carbocycles. The van der Waals surface area contributed by atoms with Gasteiger partial charge in [0, 0.05) is 33.2 Å². The van der Waals surface area contributed by atoms with Crippen molar-refractivity contribution >= 4 is 67.7 Å². The summed E-state index contributed by atoms with van der Waals surface area (Å²) in [5.41, 5.74) is 16.2. The Balaban J connectivity index is 1.17. The SMILES string of the molecule is Cc1cc(N(c2ccc3c(c2)c2ccccc2n3-c2ccccc2)c2cccc3c2C(C)(C)c2ccccc2-3)cc([Si]2(c3ccccc3)c3ccccc3-c3ccccc32)c1. The van der Waals surface area contributed by atoms with E-state index in [1.165, 1.54) is 92.9 Å². The van der Waals surface area contributed by atoms with Crippen molar-refractivity contribution in [3.63, 3.8) is 0 Å². The van der Waals surface area contributed by atoms with Crippen LogP contribution in [0.3, 0.4) is 0 Å². The molecule has 61 heavy (non-hydrogen) atoms. The fourth-order valence-corrected chi connectivity index (χ4v) is 16.5. The third-order valence-corrected chi connectivity index (χ3v) is 18.5. The monoisotopic (exact) mass is 796 g/mol. The first-order chi connectivity index (χ1) is 29.9. The molecule has 0 fully saturated rings. The summed E-state index contributed by atoms with van der Waals surface area (Å²) >= 11 is 0. The Hall–Kier alpha value is -7.20. The molecule has 2 heterocycles. The summed E-state index contributed by atoms with van der Waals surface area (Å²) in [6, 6.07) is 79.9. The Labute approximate surface area is 358 Å². The van der Waals surface area contributed by atoms with Crippen molar-refractivity contribution in [1.29, 1.82) is 0 Å².